The van der Waals surface area contributed by atoms with Crippen LogP contribution in [0.3, 0.4) is 0 Å². The van der Waals surface area contributed by atoms with Gasteiger partial charge in [-0.2, -0.15) is 0 Å². The summed E-state index contributed by atoms with van der Waals surface area (Å²) in [5, 5.41) is 1.84. The Hall–Kier alpha value is -1.46. The van der Waals surface area contributed by atoms with Gasteiger partial charge in [-0.15, -0.1) is 0 Å². The first-order valence-corrected chi connectivity index (χ1v) is 11.2. The third-order valence-corrected chi connectivity index (χ3v) is 6.43. The van der Waals surface area contributed by atoms with Crippen LogP contribution in [-0.4, -0.2) is 34.5 Å². The van der Waals surface area contributed by atoms with Crippen LogP contribution < -0.4 is 4.74 Å². The zero-order valence-corrected chi connectivity index (χ0v) is 18.5. The number of halogens is 3. The number of benzene rings is 2. The summed E-state index contributed by atoms with van der Waals surface area (Å²) in [5.74, 6) is 1.48. The van der Waals surface area contributed by atoms with Crippen molar-refractivity contribution in [2.75, 3.05) is 19.6 Å². The lowest BCUT2D eigenvalue weighted by Crippen LogP contribution is -2.30. The standard InChI is InChI=1S/C22H24Cl3N3O/c23-15-6-8-16(9-7-15)29-14-20-26-19-13-18(24)21(25)17(22(19)27-20)5-4-12-28-10-2-1-3-11-28/h6-9,13H,1-5,10-12,14H2,(H,26,27). The Morgan fingerprint density at radius 1 is 1.03 bits per heavy atom. The van der Waals surface area contributed by atoms with Crippen LogP contribution in [0.15, 0.2) is 30.3 Å². The fourth-order valence-corrected chi connectivity index (χ4v) is 4.44. The van der Waals surface area contributed by atoms with Crippen LogP contribution >= 0.6 is 34.8 Å². The summed E-state index contributed by atoms with van der Waals surface area (Å²) in [6.45, 7) is 3.82. The van der Waals surface area contributed by atoms with E-state index in [4.69, 9.17) is 44.5 Å². The summed E-state index contributed by atoms with van der Waals surface area (Å²) in [7, 11) is 0. The van der Waals surface area contributed by atoms with Crippen LogP contribution in [-0.2, 0) is 13.0 Å². The molecule has 1 N–H and O–H groups in total. The third kappa shape index (κ3) is 5.18. The molecule has 0 amide bonds. The van der Waals surface area contributed by atoms with Crippen LogP contribution in [0.2, 0.25) is 15.1 Å². The number of aryl methyl sites for hydroxylation is 1. The molecule has 0 saturated carbocycles. The van der Waals surface area contributed by atoms with Crippen LogP contribution in [0.25, 0.3) is 11.0 Å². The summed E-state index contributed by atoms with van der Waals surface area (Å²) >= 11 is 18.8. The lowest BCUT2D eigenvalue weighted by atomic mass is 10.1. The van der Waals surface area contributed by atoms with E-state index in [0.29, 0.717) is 21.7 Å². The molecule has 0 atom stereocenters. The molecule has 4 nitrogen and oxygen atoms in total. The second-order valence-electron chi connectivity index (χ2n) is 7.48. The molecule has 1 aromatic heterocycles. The topological polar surface area (TPSA) is 41.1 Å². The van der Waals surface area contributed by atoms with E-state index in [9.17, 15) is 0 Å². The van der Waals surface area contributed by atoms with Gasteiger partial charge in [0.05, 0.1) is 21.1 Å². The fourth-order valence-electron chi connectivity index (χ4n) is 3.85. The molecule has 154 valence electrons. The lowest BCUT2D eigenvalue weighted by Gasteiger charge is -2.26. The van der Waals surface area contributed by atoms with Gasteiger partial charge in [0.1, 0.15) is 18.2 Å². The molecule has 0 unspecified atom stereocenters. The number of rotatable bonds is 7. The molecule has 29 heavy (non-hydrogen) atoms. The van der Waals surface area contributed by atoms with Gasteiger partial charge in [-0.3, -0.25) is 0 Å². The van der Waals surface area contributed by atoms with E-state index >= 15 is 0 Å². The van der Waals surface area contributed by atoms with Gasteiger partial charge in [-0.25, -0.2) is 4.98 Å². The molecule has 7 heteroatoms. The molecular formula is C22H24Cl3N3O. The maximum absolute atomic E-state index is 6.55. The van der Waals surface area contributed by atoms with Gasteiger partial charge in [0.2, 0.25) is 0 Å². The molecule has 1 aliphatic rings. The molecule has 1 fully saturated rings. The Labute approximate surface area is 186 Å². The summed E-state index contributed by atoms with van der Waals surface area (Å²) in [6, 6.07) is 9.12. The van der Waals surface area contributed by atoms with Crippen molar-refractivity contribution in [3.8, 4) is 5.75 Å². The summed E-state index contributed by atoms with van der Waals surface area (Å²) in [5.41, 5.74) is 2.79. The van der Waals surface area contributed by atoms with Gasteiger partial charge in [0, 0.05) is 10.6 Å². The first-order valence-electron chi connectivity index (χ1n) is 10.1. The number of ether oxygens (including phenoxy) is 1. The summed E-state index contributed by atoms with van der Waals surface area (Å²) < 4.78 is 5.81. The SMILES string of the molecule is Clc1ccc(OCc2nc3c(CCCN4CCCCC4)c(Cl)c(Cl)cc3[nH]2)cc1. The van der Waals surface area contributed by atoms with E-state index in [2.05, 4.69) is 9.88 Å². The first kappa shape index (κ1) is 20.8. The smallest absolute Gasteiger partial charge is 0.146 e. The van der Waals surface area contributed by atoms with Crippen LogP contribution in [0.5, 0.6) is 5.75 Å². The van der Waals surface area contributed by atoms with E-state index in [-0.39, 0.29) is 0 Å². The largest absolute Gasteiger partial charge is 0.486 e. The van der Waals surface area contributed by atoms with Gasteiger partial charge in [-0.1, -0.05) is 41.2 Å². The highest BCUT2D eigenvalue weighted by Gasteiger charge is 2.16. The van der Waals surface area contributed by atoms with Crippen molar-refractivity contribution < 1.29 is 4.74 Å². The number of likely N-dealkylation sites (tertiary alicyclic amines) is 1. The molecule has 0 bridgehead atoms. The molecule has 0 aliphatic carbocycles. The Bertz CT molecular complexity index is 966. The second-order valence-corrected chi connectivity index (χ2v) is 8.70. The average Bonchev–Trinajstić information content (AvgIpc) is 3.13. The molecule has 0 radical (unpaired) electrons. The molecular weight excluding hydrogens is 429 g/mol. The van der Waals surface area contributed by atoms with Crippen LogP contribution in [0.4, 0.5) is 0 Å². The van der Waals surface area contributed by atoms with Crippen LogP contribution in [0.1, 0.15) is 37.1 Å². The average molecular weight is 453 g/mol. The Balaban J connectivity index is 1.47. The number of nitrogens with zero attached hydrogens (tertiary/aromatic N) is 2. The van der Waals surface area contributed by atoms with Crippen LogP contribution in [0, 0.1) is 0 Å². The number of fused-ring (bicyclic) bond motifs is 1. The fraction of sp³-hybridized carbons (Fsp3) is 0.409. The maximum Gasteiger partial charge on any atom is 0.146 e. The third-order valence-electron chi connectivity index (χ3n) is 5.35. The Morgan fingerprint density at radius 3 is 2.55 bits per heavy atom. The number of piperidine rings is 1. The van der Waals surface area contributed by atoms with Crippen molar-refractivity contribution >= 4 is 45.8 Å². The number of aromatic nitrogens is 2. The van der Waals surface area contributed by atoms with E-state index in [1.807, 2.05) is 18.2 Å². The van der Waals surface area contributed by atoms with Crippen molar-refractivity contribution in [1.82, 2.24) is 14.9 Å². The molecule has 2 heterocycles. The van der Waals surface area contributed by atoms with E-state index in [1.54, 1.807) is 12.1 Å². The zero-order chi connectivity index (χ0) is 20.2. The number of imidazole rings is 1. The number of aromatic amines is 1. The van der Waals surface area contributed by atoms with Crippen molar-refractivity contribution in [2.24, 2.45) is 0 Å². The number of hydrogen-bond donors (Lipinski definition) is 1. The Morgan fingerprint density at radius 2 is 1.79 bits per heavy atom. The minimum absolute atomic E-state index is 0.332. The van der Waals surface area contributed by atoms with Crippen molar-refractivity contribution in [2.45, 2.75) is 38.7 Å². The lowest BCUT2D eigenvalue weighted by molar-refractivity contribution is 0.226. The summed E-state index contributed by atoms with van der Waals surface area (Å²) in [6.07, 6.45) is 5.86. The highest BCUT2D eigenvalue weighted by Crippen LogP contribution is 2.33. The van der Waals surface area contributed by atoms with Crippen molar-refractivity contribution in [3.63, 3.8) is 0 Å². The Kier molecular flexibility index (Phi) is 6.86. The zero-order valence-electron chi connectivity index (χ0n) is 16.2. The molecule has 3 aromatic rings. The van der Waals surface area contributed by atoms with Gasteiger partial charge in [0.25, 0.3) is 0 Å². The van der Waals surface area contributed by atoms with E-state index in [1.165, 1.54) is 32.4 Å². The maximum atomic E-state index is 6.55. The highest BCUT2D eigenvalue weighted by atomic mass is 35.5. The second kappa shape index (κ2) is 9.57. The predicted octanol–water partition coefficient (Wildman–Crippen LogP) is 6.52. The molecule has 1 saturated heterocycles. The van der Waals surface area contributed by atoms with Crippen molar-refractivity contribution in [3.05, 3.63) is 56.8 Å². The number of H-pyrrole nitrogens is 1. The first-order chi connectivity index (χ1) is 14.1. The molecule has 2 aromatic carbocycles. The number of nitrogens with one attached hydrogen (secondary N) is 1. The van der Waals surface area contributed by atoms with E-state index in [0.717, 1.165) is 47.6 Å². The van der Waals surface area contributed by atoms with Crippen molar-refractivity contribution in [1.29, 1.82) is 0 Å². The quantitative estimate of drug-likeness (QED) is 0.443. The minimum atomic E-state index is 0.332. The monoisotopic (exact) mass is 451 g/mol. The summed E-state index contributed by atoms with van der Waals surface area (Å²) in [4.78, 5) is 10.6. The molecule has 4 rings (SSSR count). The molecule has 0 spiro atoms. The van der Waals surface area contributed by atoms with Gasteiger partial charge < -0.3 is 14.6 Å². The predicted molar refractivity (Wildman–Crippen MR) is 121 cm³/mol. The van der Waals surface area contributed by atoms with Gasteiger partial charge in [0.15, 0.2) is 0 Å². The van der Waals surface area contributed by atoms with Gasteiger partial charge >= 0.3 is 0 Å². The normalized spacial score (nSPS) is 15.1. The molecule has 1 aliphatic heterocycles. The minimum Gasteiger partial charge on any atom is -0.486 e. The number of hydrogen-bond acceptors (Lipinski definition) is 3. The highest BCUT2D eigenvalue weighted by molar-refractivity contribution is 6.43. The van der Waals surface area contributed by atoms with E-state index < -0.39 is 0 Å². The van der Waals surface area contributed by atoms with Gasteiger partial charge in [-0.05, 0) is 75.6 Å².